The second-order valence-electron chi connectivity index (χ2n) is 5.95. The number of nitrogens with zero attached hydrogens (tertiary/aromatic N) is 1. The molecule has 8 nitrogen and oxygen atoms in total. The number of carboxylic acid groups (broad SMARTS) is 1. The summed E-state index contributed by atoms with van der Waals surface area (Å²) >= 11 is 0. The maximum atomic E-state index is 12.3. The van der Waals surface area contributed by atoms with E-state index in [9.17, 15) is 19.2 Å². The molecule has 0 radical (unpaired) electrons. The molecule has 0 saturated carbocycles. The summed E-state index contributed by atoms with van der Waals surface area (Å²) in [5.41, 5.74) is -0.933. The summed E-state index contributed by atoms with van der Waals surface area (Å²) in [7, 11) is 0. The van der Waals surface area contributed by atoms with Gasteiger partial charge in [-0.25, -0.2) is 9.59 Å². The van der Waals surface area contributed by atoms with Crippen molar-refractivity contribution in [3.63, 3.8) is 0 Å². The minimum absolute atomic E-state index is 0.0678. The van der Waals surface area contributed by atoms with Crippen molar-refractivity contribution in [2.75, 3.05) is 0 Å². The first-order chi connectivity index (χ1) is 11.3. The molecular formula is C16H19N3O5. The van der Waals surface area contributed by atoms with Crippen LogP contribution in [0.15, 0.2) is 33.9 Å². The van der Waals surface area contributed by atoms with Gasteiger partial charge < -0.3 is 15.4 Å². The number of amides is 1. The normalized spacial score (nSPS) is 12.3. The number of hydrogen-bond donors (Lipinski definition) is 3. The second-order valence-corrected chi connectivity index (χ2v) is 5.95. The van der Waals surface area contributed by atoms with Crippen LogP contribution < -0.4 is 16.6 Å². The molecule has 0 unspecified atom stereocenters. The highest BCUT2D eigenvalue weighted by Crippen LogP contribution is 2.05. The molecule has 1 aromatic carbocycles. The molecule has 2 aromatic rings. The van der Waals surface area contributed by atoms with Gasteiger partial charge >= 0.3 is 11.7 Å². The third-order valence-corrected chi connectivity index (χ3v) is 3.53. The third kappa shape index (κ3) is 3.89. The zero-order valence-corrected chi connectivity index (χ0v) is 13.4. The first-order valence-electron chi connectivity index (χ1n) is 7.53. The molecule has 0 spiro atoms. The Labute approximate surface area is 137 Å². The fourth-order valence-electron chi connectivity index (χ4n) is 2.42. The molecular weight excluding hydrogens is 314 g/mol. The van der Waals surface area contributed by atoms with E-state index in [1.807, 2.05) is 13.8 Å². The van der Waals surface area contributed by atoms with Crippen molar-refractivity contribution in [3.05, 3.63) is 45.1 Å². The Morgan fingerprint density at radius 1 is 1.25 bits per heavy atom. The number of aromatic amines is 1. The van der Waals surface area contributed by atoms with Crippen LogP contribution in [0.1, 0.15) is 20.3 Å². The average molecular weight is 333 g/mol. The molecule has 0 aliphatic rings. The van der Waals surface area contributed by atoms with Crippen LogP contribution in [0, 0.1) is 5.92 Å². The van der Waals surface area contributed by atoms with Crippen molar-refractivity contribution in [1.29, 1.82) is 0 Å². The first kappa shape index (κ1) is 17.5. The number of carbonyl (C=O) groups excluding carboxylic acids is 1. The van der Waals surface area contributed by atoms with Crippen LogP contribution >= 0.6 is 0 Å². The highest BCUT2D eigenvalue weighted by Gasteiger charge is 2.22. The molecule has 0 bridgehead atoms. The number of hydrogen-bond acceptors (Lipinski definition) is 4. The number of rotatable bonds is 6. The van der Waals surface area contributed by atoms with Crippen LogP contribution in [0.3, 0.4) is 0 Å². The quantitative estimate of drug-likeness (QED) is 0.702. The smallest absolute Gasteiger partial charge is 0.329 e. The fraction of sp³-hybridized carbons (Fsp3) is 0.375. The zero-order valence-electron chi connectivity index (χ0n) is 13.4. The highest BCUT2D eigenvalue weighted by molar-refractivity contribution is 5.83. The Hall–Kier alpha value is -2.90. The maximum Gasteiger partial charge on any atom is 0.329 e. The lowest BCUT2D eigenvalue weighted by molar-refractivity contribution is -0.142. The van der Waals surface area contributed by atoms with Gasteiger partial charge in [-0.1, -0.05) is 26.0 Å². The van der Waals surface area contributed by atoms with E-state index >= 15 is 0 Å². The third-order valence-electron chi connectivity index (χ3n) is 3.53. The number of aliphatic carboxylic acids is 1. The molecule has 0 aliphatic heterocycles. The van der Waals surface area contributed by atoms with E-state index in [1.165, 1.54) is 0 Å². The van der Waals surface area contributed by atoms with E-state index in [-0.39, 0.29) is 17.7 Å². The van der Waals surface area contributed by atoms with E-state index < -0.39 is 35.7 Å². The number of benzene rings is 1. The van der Waals surface area contributed by atoms with Crippen LogP contribution in [0.2, 0.25) is 0 Å². The predicted octanol–water partition coefficient (Wildman–Crippen LogP) is 0.305. The van der Waals surface area contributed by atoms with E-state index in [0.29, 0.717) is 5.52 Å². The Bertz CT molecular complexity index is 881. The van der Waals surface area contributed by atoms with Crippen LogP contribution in [0.4, 0.5) is 0 Å². The van der Waals surface area contributed by atoms with Crippen LogP contribution in [-0.4, -0.2) is 32.6 Å². The number of H-pyrrole nitrogens is 1. The van der Waals surface area contributed by atoms with Crippen molar-refractivity contribution in [3.8, 4) is 0 Å². The average Bonchev–Trinajstić information content (AvgIpc) is 2.50. The van der Waals surface area contributed by atoms with Gasteiger partial charge in [0.05, 0.1) is 10.9 Å². The van der Waals surface area contributed by atoms with Crippen LogP contribution in [0.25, 0.3) is 10.9 Å². The summed E-state index contributed by atoms with van der Waals surface area (Å²) in [6.07, 6.45) is 0.254. The van der Waals surface area contributed by atoms with Gasteiger partial charge in [0.2, 0.25) is 5.91 Å². The molecule has 3 N–H and O–H groups in total. The molecule has 24 heavy (non-hydrogen) atoms. The number of aromatic nitrogens is 2. The van der Waals surface area contributed by atoms with Gasteiger partial charge in [0.25, 0.3) is 5.56 Å². The number of carbonyl (C=O) groups is 2. The molecule has 0 fully saturated rings. The Morgan fingerprint density at radius 3 is 2.54 bits per heavy atom. The largest absolute Gasteiger partial charge is 0.480 e. The van der Waals surface area contributed by atoms with Crippen molar-refractivity contribution in [1.82, 2.24) is 14.9 Å². The van der Waals surface area contributed by atoms with E-state index in [0.717, 1.165) is 4.57 Å². The topological polar surface area (TPSA) is 121 Å². The highest BCUT2D eigenvalue weighted by atomic mass is 16.4. The molecule has 1 amide bonds. The lowest BCUT2D eigenvalue weighted by Gasteiger charge is -2.16. The van der Waals surface area contributed by atoms with Gasteiger partial charge in [0.1, 0.15) is 12.6 Å². The van der Waals surface area contributed by atoms with Gasteiger partial charge in [-0.15, -0.1) is 0 Å². The van der Waals surface area contributed by atoms with Crippen molar-refractivity contribution < 1.29 is 14.7 Å². The number of carboxylic acids is 1. The standard InChI is InChI=1S/C16H19N3O5/c1-9(2)7-12(15(22)23)17-13(20)8-19-14(21)10-5-3-4-6-11(10)18-16(19)24/h3-6,9,12H,7-8H2,1-2H3,(H,17,20)(H,18,24)(H,22,23)/t12-/m0/s1. The summed E-state index contributed by atoms with van der Waals surface area (Å²) in [6, 6.07) is 5.40. The van der Waals surface area contributed by atoms with E-state index in [1.54, 1.807) is 24.3 Å². The van der Waals surface area contributed by atoms with Crippen LogP contribution in [-0.2, 0) is 16.1 Å². The lowest BCUT2D eigenvalue weighted by Crippen LogP contribution is -2.46. The van der Waals surface area contributed by atoms with Gasteiger partial charge in [-0.3, -0.25) is 14.2 Å². The van der Waals surface area contributed by atoms with E-state index in [4.69, 9.17) is 5.11 Å². The minimum Gasteiger partial charge on any atom is -0.480 e. The zero-order chi connectivity index (χ0) is 17.9. The number of nitrogens with one attached hydrogen (secondary N) is 2. The Balaban J connectivity index is 2.26. The molecule has 0 saturated heterocycles. The molecule has 2 rings (SSSR count). The summed E-state index contributed by atoms with van der Waals surface area (Å²) < 4.78 is 0.756. The monoisotopic (exact) mass is 333 g/mol. The van der Waals surface area contributed by atoms with Crippen molar-refractivity contribution >= 4 is 22.8 Å². The van der Waals surface area contributed by atoms with Crippen molar-refractivity contribution in [2.45, 2.75) is 32.9 Å². The fourth-order valence-corrected chi connectivity index (χ4v) is 2.42. The molecule has 8 heteroatoms. The second kappa shape index (κ2) is 7.12. The van der Waals surface area contributed by atoms with Gasteiger partial charge in [0, 0.05) is 0 Å². The molecule has 128 valence electrons. The SMILES string of the molecule is CC(C)C[C@H](NC(=O)Cn1c(=O)[nH]c2ccccc2c1=O)C(=O)O. The predicted molar refractivity (Wildman–Crippen MR) is 87.9 cm³/mol. The Kier molecular flexibility index (Phi) is 5.18. The minimum atomic E-state index is -1.16. The van der Waals surface area contributed by atoms with Crippen molar-refractivity contribution in [2.24, 2.45) is 5.92 Å². The lowest BCUT2D eigenvalue weighted by atomic mass is 10.0. The summed E-state index contributed by atoms with van der Waals surface area (Å²) in [4.78, 5) is 50.1. The molecule has 1 heterocycles. The van der Waals surface area contributed by atoms with E-state index in [2.05, 4.69) is 10.3 Å². The van der Waals surface area contributed by atoms with Crippen LogP contribution in [0.5, 0.6) is 0 Å². The number of para-hydroxylation sites is 1. The molecule has 0 aliphatic carbocycles. The summed E-state index contributed by atoms with van der Waals surface area (Å²) in [5, 5.41) is 11.8. The number of fused-ring (bicyclic) bond motifs is 1. The van der Waals surface area contributed by atoms with Gasteiger partial charge in [-0.2, -0.15) is 0 Å². The summed E-state index contributed by atoms with van der Waals surface area (Å²) in [5.74, 6) is -1.79. The molecule has 1 atom stereocenters. The van der Waals surface area contributed by atoms with Gasteiger partial charge in [-0.05, 0) is 24.5 Å². The Morgan fingerprint density at radius 2 is 1.92 bits per heavy atom. The molecule has 1 aromatic heterocycles. The maximum absolute atomic E-state index is 12.3. The van der Waals surface area contributed by atoms with Gasteiger partial charge in [0.15, 0.2) is 0 Å². The summed E-state index contributed by atoms with van der Waals surface area (Å²) in [6.45, 7) is 3.13. The first-order valence-corrected chi connectivity index (χ1v) is 7.53.